The number of carbonyl (C=O) groups excluding carboxylic acids is 2. The van der Waals surface area contributed by atoms with Crippen LogP contribution in [0.2, 0.25) is 5.02 Å². The molecule has 7 nitrogen and oxygen atoms in total. The first-order valence-electron chi connectivity index (χ1n) is 7.91. The number of amides is 1. The third-order valence-electron chi connectivity index (χ3n) is 3.45. The fraction of sp³-hybridized carbons (Fsp3) is 0.167. The number of anilines is 1. The Labute approximate surface area is 154 Å². The molecule has 0 bridgehead atoms. The van der Waals surface area contributed by atoms with E-state index >= 15 is 0 Å². The SMILES string of the molecule is CCOC(=O)c1nc2ccccn2c1NC(=O)COc1ccccc1Cl. The lowest BCUT2D eigenvalue weighted by molar-refractivity contribution is -0.118. The second-order valence-corrected chi connectivity index (χ2v) is 5.63. The smallest absolute Gasteiger partial charge is 0.360 e. The van der Waals surface area contributed by atoms with E-state index in [1.807, 2.05) is 0 Å². The molecule has 1 amide bonds. The van der Waals surface area contributed by atoms with Gasteiger partial charge in [0.15, 0.2) is 18.1 Å². The number of benzene rings is 1. The monoisotopic (exact) mass is 373 g/mol. The van der Waals surface area contributed by atoms with E-state index in [2.05, 4.69) is 10.3 Å². The van der Waals surface area contributed by atoms with Gasteiger partial charge in [-0.15, -0.1) is 0 Å². The number of ether oxygens (including phenoxy) is 2. The first-order chi connectivity index (χ1) is 12.6. The molecule has 1 N–H and O–H groups in total. The Bertz CT molecular complexity index is 955. The molecule has 3 rings (SSSR count). The van der Waals surface area contributed by atoms with Gasteiger partial charge in [-0.2, -0.15) is 0 Å². The molecule has 134 valence electrons. The predicted octanol–water partition coefficient (Wildman–Crippen LogP) is 3.18. The molecular weight excluding hydrogens is 358 g/mol. The number of aromatic nitrogens is 2. The van der Waals surface area contributed by atoms with E-state index in [1.54, 1.807) is 60.0 Å². The van der Waals surface area contributed by atoms with Gasteiger partial charge in [-0.1, -0.05) is 29.8 Å². The fourth-order valence-electron chi connectivity index (χ4n) is 2.33. The molecule has 0 aliphatic carbocycles. The molecule has 3 aromatic rings. The maximum atomic E-state index is 12.3. The number of esters is 1. The molecule has 0 aliphatic rings. The van der Waals surface area contributed by atoms with Crippen molar-refractivity contribution in [3.8, 4) is 5.75 Å². The van der Waals surface area contributed by atoms with Crippen molar-refractivity contribution >= 4 is 34.9 Å². The lowest BCUT2D eigenvalue weighted by Gasteiger charge is -2.09. The third kappa shape index (κ3) is 3.78. The maximum absolute atomic E-state index is 12.3. The van der Waals surface area contributed by atoms with Crippen LogP contribution in [0.4, 0.5) is 5.82 Å². The largest absolute Gasteiger partial charge is 0.482 e. The number of hydrogen-bond donors (Lipinski definition) is 1. The fourth-order valence-corrected chi connectivity index (χ4v) is 2.52. The van der Waals surface area contributed by atoms with Gasteiger partial charge >= 0.3 is 5.97 Å². The van der Waals surface area contributed by atoms with Crippen molar-refractivity contribution in [1.82, 2.24) is 9.38 Å². The highest BCUT2D eigenvalue weighted by molar-refractivity contribution is 6.32. The van der Waals surface area contributed by atoms with Gasteiger partial charge in [0, 0.05) is 6.20 Å². The Kier molecular flexibility index (Phi) is 5.38. The minimum absolute atomic E-state index is 0.0316. The van der Waals surface area contributed by atoms with E-state index < -0.39 is 11.9 Å². The summed E-state index contributed by atoms with van der Waals surface area (Å²) in [6, 6.07) is 12.1. The lowest BCUT2D eigenvalue weighted by atomic mass is 10.3. The highest BCUT2D eigenvalue weighted by Gasteiger charge is 2.21. The normalized spacial score (nSPS) is 10.5. The van der Waals surface area contributed by atoms with Crippen molar-refractivity contribution in [2.45, 2.75) is 6.92 Å². The second kappa shape index (κ2) is 7.88. The number of nitrogens with one attached hydrogen (secondary N) is 1. The molecule has 0 aliphatic heterocycles. The zero-order valence-corrected chi connectivity index (χ0v) is 14.7. The summed E-state index contributed by atoms with van der Waals surface area (Å²) in [5.74, 6) is -0.445. The van der Waals surface area contributed by atoms with Crippen LogP contribution in [-0.2, 0) is 9.53 Å². The molecule has 1 aromatic carbocycles. The molecule has 0 unspecified atom stereocenters. The summed E-state index contributed by atoms with van der Waals surface area (Å²) in [6.45, 7) is 1.63. The van der Waals surface area contributed by atoms with Crippen molar-refractivity contribution in [3.63, 3.8) is 0 Å². The molecule has 26 heavy (non-hydrogen) atoms. The summed E-state index contributed by atoms with van der Waals surface area (Å²) in [5, 5.41) is 3.06. The number of hydrogen-bond acceptors (Lipinski definition) is 5. The summed E-state index contributed by atoms with van der Waals surface area (Å²) >= 11 is 6.00. The van der Waals surface area contributed by atoms with Crippen molar-refractivity contribution < 1.29 is 19.1 Å². The number of para-hydroxylation sites is 1. The van der Waals surface area contributed by atoms with E-state index in [0.717, 1.165) is 0 Å². The molecule has 0 radical (unpaired) electrons. The highest BCUT2D eigenvalue weighted by atomic mass is 35.5. The molecule has 0 spiro atoms. The number of imidazole rings is 1. The summed E-state index contributed by atoms with van der Waals surface area (Å²) in [6.07, 6.45) is 1.69. The van der Waals surface area contributed by atoms with Crippen molar-refractivity contribution in [3.05, 3.63) is 59.4 Å². The van der Waals surface area contributed by atoms with Gasteiger partial charge in [-0.25, -0.2) is 9.78 Å². The number of rotatable bonds is 6. The number of nitrogens with zero attached hydrogens (tertiary/aromatic N) is 2. The van der Waals surface area contributed by atoms with Crippen molar-refractivity contribution in [2.24, 2.45) is 0 Å². The van der Waals surface area contributed by atoms with Crippen LogP contribution >= 0.6 is 11.6 Å². The molecule has 0 atom stereocenters. The zero-order valence-electron chi connectivity index (χ0n) is 13.9. The second-order valence-electron chi connectivity index (χ2n) is 5.23. The van der Waals surface area contributed by atoms with E-state index in [9.17, 15) is 9.59 Å². The van der Waals surface area contributed by atoms with Crippen molar-refractivity contribution in [2.75, 3.05) is 18.5 Å². The average Bonchev–Trinajstić information content (AvgIpc) is 3.00. The molecule has 0 fully saturated rings. The average molecular weight is 374 g/mol. The number of carbonyl (C=O) groups is 2. The van der Waals surface area contributed by atoms with Gasteiger partial charge in [-0.3, -0.25) is 9.20 Å². The van der Waals surface area contributed by atoms with Crippen LogP contribution < -0.4 is 10.1 Å². The summed E-state index contributed by atoms with van der Waals surface area (Å²) in [7, 11) is 0. The summed E-state index contributed by atoms with van der Waals surface area (Å²) < 4.78 is 12.0. The van der Waals surface area contributed by atoms with Crippen LogP contribution in [0.15, 0.2) is 48.7 Å². The third-order valence-corrected chi connectivity index (χ3v) is 3.76. The molecule has 0 saturated carbocycles. The van der Waals surface area contributed by atoms with Gasteiger partial charge in [-0.05, 0) is 31.2 Å². The van der Waals surface area contributed by atoms with Gasteiger partial charge < -0.3 is 14.8 Å². The number of pyridine rings is 1. The first kappa shape index (κ1) is 17.8. The van der Waals surface area contributed by atoms with Gasteiger partial charge in [0.2, 0.25) is 0 Å². The van der Waals surface area contributed by atoms with Crippen molar-refractivity contribution in [1.29, 1.82) is 0 Å². The van der Waals surface area contributed by atoms with E-state index in [-0.39, 0.29) is 24.7 Å². The van der Waals surface area contributed by atoms with Crippen LogP contribution in [0.5, 0.6) is 5.75 Å². The van der Waals surface area contributed by atoms with Crippen LogP contribution in [0.1, 0.15) is 17.4 Å². The summed E-state index contributed by atoms with van der Waals surface area (Å²) in [4.78, 5) is 28.7. The minimum Gasteiger partial charge on any atom is -0.482 e. The molecule has 2 aromatic heterocycles. The summed E-state index contributed by atoms with van der Waals surface area (Å²) in [5.41, 5.74) is 0.544. The highest BCUT2D eigenvalue weighted by Crippen LogP contribution is 2.23. The Morgan fingerprint density at radius 1 is 1.19 bits per heavy atom. The maximum Gasteiger partial charge on any atom is 0.360 e. The lowest BCUT2D eigenvalue weighted by Crippen LogP contribution is -2.22. The van der Waals surface area contributed by atoms with Gasteiger partial charge in [0.05, 0.1) is 11.6 Å². The molecule has 2 heterocycles. The predicted molar refractivity (Wildman–Crippen MR) is 96.7 cm³/mol. The quantitative estimate of drug-likeness (QED) is 0.671. The van der Waals surface area contributed by atoms with E-state index in [1.165, 1.54) is 0 Å². The number of halogens is 1. The minimum atomic E-state index is -0.612. The molecule has 0 saturated heterocycles. The van der Waals surface area contributed by atoms with Gasteiger partial charge in [0.25, 0.3) is 5.91 Å². The Balaban J connectivity index is 1.80. The molecule has 8 heteroatoms. The number of fused-ring (bicyclic) bond motifs is 1. The molecular formula is C18H16ClN3O4. The standard InChI is InChI=1S/C18H16ClN3O4/c1-2-25-18(24)16-17(22-10-6-5-9-14(22)20-16)21-15(23)11-26-13-8-4-3-7-12(13)19/h3-10H,2,11H2,1H3,(H,21,23). The van der Waals surface area contributed by atoms with Crippen LogP contribution in [0, 0.1) is 0 Å². The van der Waals surface area contributed by atoms with Crippen LogP contribution in [-0.4, -0.2) is 34.5 Å². The first-order valence-corrected chi connectivity index (χ1v) is 8.29. The Morgan fingerprint density at radius 3 is 2.73 bits per heavy atom. The Morgan fingerprint density at radius 2 is 1.96 bits per heavy atom. The van der Waals surface area contributed by atoms with E-state index in [0.29, 0.717) is 16.4 Å². The Hall–Kier alpha value is -3.06. The van der Waals surface area contributed by atoms with Gasteiger partial charge in [0.1, 0.15) is 11.4 Å². The van der Waals surface area contributed by atoms with Crippen LogP contribution in [0.25, 0.3) is 5.65 Å². The zero-order chi connectivity index (χ0) is 18.5. The van der Waals surface area contributed by atoms with Crippen LogP contribution in [0.3, 0.4) is 0 Å². The topological polar surface area (TPSA) is 81.9 Å². The van der Waals surface area contributed by atoms with E-state index in [4.69, 9.17) is 21.1 Å².